The van der Waals surface area contributed by atoms with Crippen LogP contribution < -0.4 is 5.32 Å². The molecule has 0 aliphatic carbocycles. The largest absolute Gasteiger partial charge is 0.326 e. The molecule has 0 bridgehead atoms. The molecule has 1 amide bonds. The molecule has 2 heterocycles. The van der Waals surface area contributed by atoms with Crippen LogP contribution >= 0.6 is 15.9 Å². The number of aromatic nitrogens is 2. The number of nitrogens with zero attached hydrogens (tertiary/aromatic N) is 3. The van der Waals surface area contributed by atoms with Crippen molar-refractivity contribution in [2.75, 3.05) is 25.5 Å². The molecule has 1 aliphatic heterocycles. The minimum Gasteiger partial charge on any atom is -0.326 e. The van der Waals surface area contributed by atoms with Crippen LogP contribution in [-0.4, -0.2) is 40.7 Å². The van der Waals surface area contributed by atoms with Crippen molar-refractivity contribution in [3.8, 4) is 11.3 Å². The van der Waals surface area contributed by atoms with Crippen molar-refractivity contribution in [1.82, 2.24) is 14.7 Å². The van der Waals surface area contributed by atoms with E-state index < -0.39 is 0 Å². The van der Waals surface area contributed by atoms with Gasteiger partial charge in [-0.1, -0.05) is 15.9 Å². The van der Waals surface area contributed by atoms with Crippen LogP contribution in [0.5, 0.6) is 0 Å². The summed E-state index contributed by atoms with van der Waals surface area (Å²) in [6.45, 7) is 5.63. The number of anilines is 1. The zero-order valence-corrected chi connectivity index (χ0v) is 15.2. The van der Waals surface area contributed by atoms with Crippen molar-refractivity contribution in [2.24, 2.45) is 0 Å². The van der Waals surface area contributed by atoms with E-state index in [-0.39, 0.29) is 5.91 Å². The number of hydrogen-bond donors (Lipinski definition) is 1. The number of halogens is 1. The maximum absolute atomic E-state index is 11.6. The maximum Gasteiger partial charge on any atom is 0.221 e. The van der Waals surface area contributed by atoms with E-state index in [2.05, 4.69) is 49.0 Å². The van der Waals surface area contributed by atoms with Gasteiger partial charge < -0.3 is 10.2 Å². The molecule has 0 spiro atoms. The van der Waals surface area contributed by atoms with Gasteiger partial charge in [-0.3, -0.25) is 9.48 Å². The van der Waals surface area contributed by atoms with Crippen LogP contribution in [0, 0.1) is 6.92 Å². The lowest BCUT2D eigenvalue weighted by Crippen LogP contribution is -2.18. The third-order valence-electron chi connectivity index (χ3n) is 4.27. The molecule has 1 aromatic carbocycles. The van der Waals surface area contributed by atoms with E-state index in [4.69, 9.17) is 0 Å². The van der Waals surface area contributed by atoms with E-state index >= 15 is 0 Å². The van der Waals surface area contributed by atoms with Crippen molar-refractivity contribution in [1.29, 1.82) is 0 Å². The molecule has 1 aliphatic rings. The number of nitrogens with one attached hydrogen (secondary N) is 1. The van der Waals surface area contributed by atoms with Gasteiger partial charge in [0.05, 0.1) is 17.4 Å². The van der Waals surface area contributed by atoms with Gasteiger partial charge in [0.2, 0.25) is 5.91 Å². The number of carbonyl (C=O) groups excluding carboxylic acids is 1. The standard InChI is InChI=1S/C17H21BrN4O/c1-11-8-16(20-12(2)23)14(9-15(11)18)17-4-6-19-22(17)13-5-7-21(3)10-13/h4,6,8-9,13H,5,7,10H2,1-3H3,(H,20,23)/t13-/m0/s1. The average molecular weight is 377 g/mol. The summed E-state index contributed by atoms with van der Waals surface area (Å²) in [5.41, 5.74) is 3.94. The Balaban J connectivity index is 2.06. The van der Waals surface area contributed by atoms with Crippen molar-refractivity contribution in [3.05, 3.63) is 34.4 Å². The molecule has 0 unspecified atom stereocenters. The molecule has 1 atom stereocenters. The van der Waals surface area contributed by atoms with Gasteiger partial charge in [0.15, 0.2) is 0 Å². The third kappa shape index (κ3) is 3.33. The Morgan fingerprint density at radius 2 is 2.22 bits per heavy atom. The lowest BCUT2D eigenvalue weighted by Gasteiger charge is -2.18. The topological polar surface area (TPSA) is 50.2 Å². The summed E-state index contributed by atoms with van der Waals surface area (Å²) in [4.78, 5) is 13.9. The molecular formula is C17H21BrN4O. The van der Waals surface area contributed by atoms with Gasteiger partial charge in [-0.2, -0.15) is 5.10 Å². The highest BCUT2D eigenvalue weighted by Gasteiger charge is 2.24. The van der Waals surface area contributed by atoms with Gasteiger partial charge in [0.1, 0.15) is 0 Å². The summed E-state index contributed by atoms with van der Waals surface area (Å²) in [6.07, 6.45) is 2.92. The second-order valence-electron chi connectivity index (χ2n) is 6.19. The van der Waals surface area contributed by atoms with E-state index in [1.807, 2.05) is 25.3 Å². The van der Waals surface area contributed by atoms with Crippen LogP contribution in [0.4, 0.5) is 5.69 Å². The predicted molar refractivity (Wildman–Crippen MR) is 95.6 cm³/mol. The Morgan fingerprint density at radius 3 is 2.87 bits per heavy atom. The molecule has 1 N–H and O–H groups in total. The van der Waals surface area contributed by atoms with Gasteiger partial charge in [0, 0.05) is 29.7 Å². The quantitative estimate of drug-likeness (QED) is 0.892. The molecule has 2 aromatic rings. The Hall–Kier alpha value is -1.66. The van der Waals surface area contributed by atoms with E-state index in [1.165, 1.54) is 6.92 Å². The summed E-state index contributed by atoms with van der Waals surface area (Å²) < 4.78 is 3.12. The first-order valence-corrected chi connectivity index (χ1v) is 8.55. The van der Waals surface area contributed by atoms with Crippen molar-refractivity contribution in [2.45, 2.75) is 26.3 Å². The first-order chi connectivity index (χ1) is 11.0. The minimum absolute atomic E-state index is 0.0698. The number of hydrogen-bond acceptors (Lipinski definition) is 3. The lowest BCUT2D eigenvalue weighted by atomic mass is 10.1. The minimum atomic E-state index is -0.0698. The average Bonchev–Trinajstić information content (AvgIpc) is 3.10. The molecule has 0 saturated carbocycles. The van der Waals surface area contributed by atoms with E-state index in [1.54, 1.807) is 0 Å². The maximum atomic E-state index is 11.6. The normalized spacial score (nSPS) is 18.3. The molecule has 3 rings (SSSR count). The highest BCUT2D eigenvalue weighted by molar-refractivity contribution is 9.10. The Labute approximate surface area is 144 Å². The molecule has 0 radical (unpaired) electrons. The van der Waals surface area contributed by atoms with Gasteiger partial charge in [-0.15, -0.1) is 0 Å². The van der Waals surface area contributed by atoms with E-state index in [0.717, 1.165) is 46.5 Å². The van der Waals surface area contributed by atoms with Gasteiger partial charge in [0.25, 0.3) is 0 Å². The zero-order chi connectivity index (χ0) is 16.6. The summed E-state index contributed by atoms with van der Waals surface area (Å²) in [6, 6.07) is 6.45. The van der Waals surface area contributed by atoms with E-state index in [9.17, 15) is 4.79 Å². The summed E-state index contributed by atoms with van der Waals surface area (Å²) in [5, 5.41) is 7.49. The number of amides is 1. The summed E-state index contributed by atoms with van der Waals surface area (Å²) in [7, 11) is 2.13. The number of likely N-dealkylation sites (tertiary alicyclic amines) is 1. The van der Waals surface area contributed by atoms with Crippen LogP contribution in [0.1, 0.15) is 24.9 Å². The monoisotopic (exact) mass is 376 g/mol. The second-order valence-corrected chi connectivity index (χ2v) is 7.05. The zero-order valence-electron chi connectivity index (χ0n) is 13.6. The van der Waals surface area contributed by atoms with Crippen molar-refractivity contribution >= 4 is 27.5 Å². The number of aryl methyl sites for hydroxylation is 1. The van der Waals surface area contributed by atoms with Crippen LogP contribution in [-0.2, 0) is 4.79 Å². The predicted octanol–water partition coefficient (Wildman–Crippen LogP) is 3.46. The molecule has 6 heteroatoms. The molecular weight excluding hydrogens is 356 g/mol. The van der Waals surface area contributed by atoms with Crippen LogP contribution in [0.2, 0.25) is 0 Å². The Bertz CT molecular complexity index is 740. The number of rotatable bonds is 3. The fraction of sp³-hybridized carbons (Fsp3) is 0.412. The SMILES string of the molecule is CC(=O)Nc1cc(C)c(Br)cc1-c1ccnn1[C@H]1CCN(C)C1. The van der Waals surface area contributed by atoms with E-state index in [0.29, 0.717) is 6.04 Å². The van der Waals surface area contributed by atoms with Crippen molar-refractivity contribution in [3.63, 3.8) is 0 Å². The summed E-state index contributed by atoms with van der Waals surface area (Å²) >= 11 is 3.60. The summed E-state index contributed by atoms with van der Waals surface area (Å²) in [5.74, 6) is -0.0698. The number of likely N-dealkylation sites (N-methyl/N-ethyl adjacent to an activating group) is 1. The molecule has 122 valence electrons. The lowest BCUT2D eigenvalue weighted by molar-refractivity contribution is -0.114. The van der Waals surface area contributed by atoms with Gasteiger partial charge in [-0.25, -0.2) is 0 Å². The highest BCUT2D eigenvalue weighted by Crippen LogP contribution is 2.35. The fourth-order valence-corrected chi connectivity index (χ4v) is 3.46. The van der Waals surface area contributed by atoms with Crippen molar-refractivity contribution < 1.29 is 4.79 Å². The van der Waals surface area contributed by atoms with Crippen LogP contribution in [0.3, 0.4) is 0 Å². The first-order valence-electron chi connectivity index (χ1n) is 7.76. The molecule has 1 aromatic heterocycles. The molecule has 5 nitrogen and oxygen atoms in total. The van der Waals surface area contributed by atoms with Crippen LogP contribution in [0.25, 0.3) is 11.3 Å². The third-order valence-corrected chi connectivity index (χ3v) is 5.12. The smallest absolute Gasteiger partial charge is 0.221 e. The van der Waals surface area contributed by atoms with Gasteiger partial charge >= 0.3 is 0 Å². The number of benzene rings is 1. The number of carbonyl (C=O) groups is 1. The van der Waals surface area contributed by atoms with Gasteiger partial charge in [-0.05, 0) is 50.7 Å². The molecule has 1 saturated heterocycles. The van der Waals surface area contributed by atoms with Crippen LogP contribution in [0.15, 0.2) is 28.9 Å². The Morgan fingerprint density at radius 1 is 1.43 bits per heavy atom. The first kappa shape index (κ1) is 16.2. The Kier molecular flexibility index (Phi) is 4.55. The second kappa shape index (κ2) is 6.45. The molecule has 1 fully saturated rings. The fourth-order valence-electron chi connectivity index (χ4n) is 3.12. The highest BCUT2D eigenvalue weighted by atomic mass is 79.9. The molecule has 23 heavy (non-hydrogen) atoms.